The molecule has 17 heteroatoms. The van der Waals surface area contributed by atoms with Gasteiger partial charge in [-0.05, 0) is 13.0 Å². The van der Waals surface area contributed by atoms with Crippen molar-refractivity contribution in [1.82, 2.24) is 14.1 Å². The molecule has 3 heterocycles. The third-order valence-electron chi connectivity index (χ3n) is 5.31. The Hall–Kier alpha value is -2.41. The number of hydrogen-bond donors (Lipinski definition) is 4. The third kappa shape index (κ3) is 7.06. The lowest BCUT2D eigenvalue weighted by atomic mass is 10.2. The number of carbonyl (C=O) groups is 3. The summed E-state index contributed by atoms with van der Waals surface area (Å²) in [4.78, 5) is 34.2. The van der Waals surface area contributed by atoms with E-state index in [-0.39, 0.29) is 26.4 Å². The minimum Gasteiger partial charge on any atom is -0.478 e. The fourth-order valence-electron chi connectivity index (χ4n) is 3.50. The zero-order valence-electron chi connectivity index (χ0n) is 18.8. The average molecular weight is 555 g/mol. The fraction of sp³-hybridized carbons (Fsp3) is 0.500. The Morgan fingerprint density at radius 1 is 1.14 bits per heavy atom. The zero-order valence-corrected chi connectivity index (χ0v) is 21.2. The maximum absolute atomic E-state index is 13.0. The second kappa shape index (κ2) is 11.1. The molecule has 0 spiro atoms. The summed E-state index contributed by atoms with van der Waals surface area (Å²) in [6.07, 6.45) is -0.576. The fourth-order valence-corrected chi connectivity index (χ4v) is 7.90. The second-order valence-corrected chi connectivity index (χ2v) is 12.6. The van der Waals surface area contributed by atoms with Crippen molar-refractivity contribution in [2.75, 3.05) is 32.7 Å². The van der Waals surface area contributed by atoms with Crippen LogP contribution in [0.3, 0.4) is 0 Å². The first-order valence-corrected chi connectivity index (χ1v) is 13.9. The molecule has 1 fully saturated rings. The van der Waals surface area contributed by atoms with Crippen LogP contribution < -0.4 is 5.14 Å². The number of thiophene rings is 1. The van der Waals surface area contributed by atoms with E-state index in [1.54, 1.807) is 11.8 Å². The molecule has 0 bridgehead atoms. The number of carboxylic acids is 2. The summed E-state index contributed by atoms with van der Waals surface area (Å²) in [6, 6.07) is 1.13. The van der Waals surface area contributed by atoms with Crippen LogP contribution in [-0.4, -0.2) is 103 Å². The summed E-state index contributed by atoms with van der Waals surface area (Å²) in [5.74, 6) is -2.54. The predicted octanol–water partition coefficient (Wildman–Crippen LogP) is -1.34. The van der Waals surface area contributed by atoms with Gasteiger partial charge in [0, 0.05) is 57.4 Å². The largest absolute Gasteiger partial charge is 0.478 e. The molecule has 1 aromatic heterocycles. The maximum Gasteiger partial charge on any atom is 0.328 e. The van der Waals surface area contributed by atoms with Crippen LogP contribution in [0, 0.1) is 0 Å². The first-order chi connectivity index (χ1) is 16.1. The molecular formula is C18H26N4O10S3. The number of piperazine rings is 1. The van der Waals surface area contributed by atoms with Gasteiger partial charge in [0.25, 0.3) is 10.0 Å². The summed E-state index contributed by atoms with van der Waals surface area (Å²) in [5.41, 5.74) is 0.0638. The molecule has 2 aliphatic rings. The van der Waals surface area contributed by atoms with E-state index < -0.39 is 44.3 Å². The predicted molar refractivity (Wildman–Crippen MR) is 122 cm³/mol. The second-order valence-electron chi connectivity index (χ2n) is 7.63. The van der Waals surface area contributed by atoms with Crippen LogP contribution in [0.25, 0.3) is 0 Å². The molecule has 14 nitrogen and oxygen atoms in total. The molecule has 1 amide bonds. The number of nitrogens with zero attached hydrogens (tertiary/aromatic N) is 3. The van der Waals surface area contributed by atoms with Gasteiger partial charge in [0.15, 0.2) is 0 Å². The van der Waals surface area contributed by atoms with Gasteiger partial charge < -0.3 is 20.2 Å². The number of aliphatic hydroxyl groups is 1. The molecule has 3 rings (SSSR count). The van der Waals surface area contributed by atoms with Crippen molar-refractivity contribution < 1.29 is 46.5 Å². The standard InChI is InChI=1S/C14H22N4O6S3.C4H4O4/c1-9(16-3-5-17(6-4-16)10(2)19)18-8-12(20)11-7-13(26(15,21)22)25-14(11)27(18,23)24;5-3(6)1-2-4(7)8/h7,9,12,20H,3-6,8H2,1-2H3,(H2,15,21,22);1-2H,(H,5,6)(H,7,8)/b;2-1-. The van der Waals surface area contributed by atoms with Gasteiger partial charge in [0.05, 0.1) is 12.3 Å². The minimum atomic E-state index is -4.07. The number of hydrogen-bond acceptors (Lipinski definition) is 10. The molecule has 5 N–H and O–H groups in total. The number of rotatable bonds is 5. The summed E-state index contributed by atoms with van der Waals surface area (Å²) < 4.78 is 49.9. The van der Waals surface area contributed by atoms with Crippen molar-refractivity contribution >= 4 is 49.2 Å². The lowest BCUT2D eigenvalue weighted by Gasteiger charge is -2.43. The van der Waals surface area contributed by atoms with Crippen LogP contribution in [0.15, 0.2) is 26.6 Å². The van der Waals surface area contributed by atoms with Gasteiger partial charge >= 0.3 is 11.9 Å². The molecule has 1 saturated heterocycles. The summed E-state index contributed by atoms with van der Waals surface area (Å²) >= 11 is 0.551. The molecular weight excluding hydrogens is 528 g/mol. The maximum atomic E-state index is 13.0. The van der Waals surface area contributed by atoms with Crippen LogP contribution in [0.5, 0.6) is 0 Å². The number of β-amino-alcohol motifs (C(OH)–C–C–N with tert-alkyl or cyclic N) is 1. The molecule has 2 aliphatic heterocycles. The number of carboxylic acid groups (broad SMARTS) is 2. The molecule has 2 unspecified atom stereocenters. The van der Waals surface area contributed by atoms with Gasteiger partial charge in [0.2, 0.25) is 15.9 Å². The highest BCUT2D eigenvalue weighted by molar-refractivity contribution is 7.94. The van der Waals surface area contributed by atoms with Gasteiger partial charge in [-0.15, -0.1) is 11.3 Å². The van der Waals surface area contributed by atoms with Crippen LogP contribution in [0.1, 0.15) is 25.5 Å². The van der Waals surface area contributed by atoms with E-state index >= 15 is 0 Å². The van der Waals surface area contributed by atoms with E-state index in [0.29, 0.717) is 49.7 Å². The number of fused-ring (bicyclic) bond motifs is 1. The summed E-state index contributed by atoms with van der Waals surface area (Å²) in [5, 5.41) is 31.1. The molecule has 0 aromatic carbocycles. The first-order valence-electron chi connectivity index (χ1n) is 10.1. The minimum absolute atomic E-state index is 0.0259. The Morgan fingerprint density at radius 2 is 1.66 bits per heavy atom. The molecule has 35 heavy (non-hydrogen) atoms. The van der Waals surface area contributed by atoms with Crippen LogP contribution in [0.2, 0.25) is 0 Å². The van der Waals surface area contributed by atoms with Gasteiger partial charge in [-0.25, -0.2) is 31.6 Å². The van der Waals surface area contributed by atoms with E-state index in [0.717, 1.165) is 6.07 Å². The highest BCUT2D eigenvalue weighted by Gasteiger charge is 2.43. The highest BCUT2D eigenvalue weighted by atomic mass is 32.3. The third-order valence-corrected chi connectivity index (χ3v) is 10.3. The number of amides is 1. The molecule has 0 radical (unpaired) electrons. The van der Waals surface area contributed by atoms with Crippen molar-refractivity contribution in [2.24, 2.45) is 5.14 Å². The molecule has 2 atom stereocenters. The quantitative estimate of drug-likeness (QED) is 0.312. The topological polar surface area (TPSA) is 216 Å². The van der Waals surface area contributed by atoms with E-state index in [2.05, 4.69) is 0 Å². The summed E-state index contributed by atoms with van der Waals surface area (Å²) in [7, 11) is -8.05. The van der Waals surface area contributed by atoms with Crippen molar-refractivity contribution in [3.05, 3.63) is 23.8 Å². The molecule has 196 valence electrons. The first kappa shape index (κ1) is 28.8. The van der Waals surface area contributed by atoms with Crippen molar-refractivity contribution in [3.8, 4) is 0 Å². The van der Waals surface area contributed by atoms with Gasteiger partial charge in [0.1, 0.15) is 8.42 Å². The Labute approximate surface area is 205 Å². The van der Waals surface area contributed by atoms with Gasteiger partial charge in [-0.1, -0.05) is 0 Å². The van der Waals surface area contributed by atoms with E-state index in [4.69, 9.17) is 15.4 Å². The SMILES string of the molecule is CC(=O)N1CCN(C(C)N2CC(O)c3cc(S(N)(=O)=O)sc3S2(=O)=O)CC1.O=C(O)/C=C\C(=O)O. The van der Waals surface area contributed by atoms with Crippen LogP contribution in [-0.2, 0) is 34.4 Å². The Balaban J connectivity index is 0.000000466. The number of carbonyl (C=O) groups excluding carboxylic acids is 1. The molecule has 0 aliphatic carbocycles. The van der Waals surface area contributed by atoms with Crippen molar-refractivity contribution in [1.29, 1.82) is 0 Å². The van der Waals surface area contributed by atoms with Crippen molar-refractivity contribution in [2.45, 2.75) is 34.5 Å². The van der Waals surface area contributed by atoms with E-state index in [9.17, 15) is 36.3 Å². The number of sulfonamides is 2. The van der Waals surface area contributed by atoms with Crippen LogP contribution in [0.4, 0.5) is 0 Å². The van der Waals surface area contributed by atoms with Gasteiger partial charge in [-0.2, -0.15) is 4.31 Å². The van der Waals surface area contributed by atoms with E-state index in [1.807, 2.05) is 4.90 Å². The number of primary sulfonamides is 1. The lowest BCUT2D eigenvalue weighted by Crippen LogP contribution is -2.57. The summed E-state index contributed by atoms with van der Waals surface area (Å²) in [6.45, 7) is 5.03. The lowest BCUT2D eigenvalue weighted by molar-refractivity contribution is -0.134. The van der Waals surface area contributed by atoms with Crippen molar-refractivity contribution in [3.63, 3.8) is 0 Å². The monoisotopic (exact) mass is 554 g/mol. The van der Waals surface area contributed by atoms with Gasteiger partial charge in [-0.3, -0.25) is 9.69 Å². The Kier molecular flexibility index (Phi) is 9.15. The molecule has 0 saturated carbocycles. The molecule has 1 aromatic rings. The van der Waals surface area contributed by atoms with Crippen LogP contribution >= 0.6 is 11.3 Å². The Morgan fingerprint density at radius 3 is 2.09 bits per heavy atom. The smallest absolute Gasteiger partial charge is 0.328 e. The number of nitrogens with two attached hydrogens (primary N) is 1. The van der Waals surface area contributed by atoms with E-state index in [1.165, 1.54) is 11.2 Å². The normalized spacial score (nSPS) is 21.6. The Bertz CT molecular complexity index is 1200. The number of aliphatic hydroxyl groups excluding tert-OH is 1. The number of aliphatic carboxylic acids is 2. The zero-order chi connectivity index (χ0) is 26.7. The average Bonchev–Trinajstić information content (AvgIpc) is 3.23. The highest BCUT2D eigenvalue weighted by Crippen LogP contribution is 2.40.